The number of carbonyl (C=O) groups excluding carboxylic acids is 4. The number of carbonyl (C=O) groups is 4. The molecule has 0 spiro atoms. The lowest BCUT2D eigenvalue weighted by Crippen LogP contribution is -2.30. The van der Waals surface area contributed by atoms with Crippen LogP contribution in [0.5, 0.6) is 0 Å². The first-order chi connectivity index (χ1) is 50.7. The maximum absolute atomic E-state index is 13.1. The van der Waals surface area contributed by atoms with Crippen molar-refractivity contribution in [3.8, 4) is 0 Å². The van der Waals surface area contributed by atoms with Gasteiger partial charge >= 0.3 is 39.5 Å². The van der Waals surface area contributed by atoms with Gasteiger partial charge in [-0.3, -0.25) is 37.3 Å². The molecular weight excluding hydrogens is 1350 g/mol. The van der Waals surface area contributed by atoms with Crippen molar-refractivity contribution in [1.82, 2.24) is 0 Å². The number of rotatable bonds is 76. The third-order valence-electron chi connectivity index (χ3n) is 16.9. The van der Waals surface area contributed by atoms with Crippen molar-refractivity contribution in [3.63, 3.8) is 0 Å². The van der Waals surface area contributed by atoms with Crippen molar-refractivity contribution < 1.29 is 80.2 Å². The minimum atomic E-state index is -4.99. The zero-order valence-corrected chi connectivity index (χ0v) is 67.2. The molecule has 0 aliphatic carbocycles. The summed E-state index contributed by atoms with van der Waals surface area (Å²) in [7, 11) is -9.98. The molecule has 0 aromatic carbocycles. The molecule has 0 aromatic rings. The minimum Gasteiger partial charge on any atom is -0.462 e. The SMILES string of the molecule is CC/C=C\C/C=C\C/C=C\C/C=C\C/C=C\CCCC(=O)OCC(COP(=O)(O)OCC(O)COP(=O)(O)OCC(COC(=O)CCCCCCCCC/C=C\C/C=C\C/C=C\CC)OC(=O)CCCCCCC/C=C\CCCCCCCC)OC(=O)CCCCCCC/C=C\CCCCCCCC. The molecule has 0 fully saturated rings. The van der Waals surface area contributed by atoms with E-state index in [1.54, 1.807) is 0 Å². The van der Waals surface area contributed by atoms with Crippen LogP contribution in [-0.4, -0.2) is 96.7 Å². The molecule has 0 heterocycles. The summed E-state index contributed by atoms with van der Waals surface area (Å²) in [5.74, 6) is -2.26. The van der Waals surface area contributed by atoms with E-state index in [0.717, 1.165) is 173 Å². The van der Waals surface area contributed by atoms with Crippen molar-refractivity contribution in [2.24, 2.45) is 0 Å². The number of esters is 4. The number of phosphoric ester groups is 2. The summed E-state index contributed by atoms with van der Waals surface area (Å²) < 4.78 is 68.6. The predicted molar refractivity (Wildman–Crippen MR) is 427 cm³/mol. The second-order valence-electron chi connectivity index (χ2n) is 26.9. The third kappa shape index (κ3) is 75.7. The molecule has 0 radical (unpaired) electrons. The van der Waals surface area contributed by atoms with E-state index in [9.17, 15) is 43.2 Å². The highest BCUT2D eigenvalue weighted by Crippen LogP contribution is 2.45. The average molecular weight is 1500 g/mol. The lowest BCUT2D eigenvalue weighted by molar-refractivity contribution is -0.161. The van der Waals surface area contributed by atoms with Gasteiger partial charge in [0.2, 0.25) is 0 Å². The molecule has 0 saturated heterocycles. The van der Waals surface area contributed by atoms with Crippen LogP contribution in [0.3, 0.4) is 0 Å². The number of ether oxygens (including phenoxy) is 4. The van der Waals surface area contributed by atoms with Gasteiger partial charge in [-0.15, -0.1) is 0 Å². The van der Waals surface area contributed by atoms with Crippen molar-refractivity contribution in [2.75, 3.05) is 39.6 Å². The largest absolute Gasteiger partial charge is 0.472 e. The van der Waals surface area contributed by atoms with E-state index < -0.39 is 97.5 Å². The molecule has 598 valence electrons. The lowest BCUT2D eigenvalue weighted by Gasteiger charge is -2.21. The number of unbranched alkanes of at least 4 members (excludes halogenated alkanes) is 30. The van der Waals surface area contributed by atoms with E-state index in [0.29, 0.717) is 32.1 Å². The average Bonchev–Trinajstić information content (AvgIpc) is 0.937. The summed E-state index contributed by atoms with van der Waals surface area (Å²) in [6.45, 7) is 4.58. The van der Waals surface area contributed by atoms with Crippen molar-refractivity contribution in [1.29, 1.82) is 0 Å². The van der Waals surface area contributed by atoms with Crippen LogP contribution in [0.1, 0.15) is 336 Å². The quantitative estimate of drug-likeness (QED) is 0.0169. The van der Waals surface area contributed by atoms with E-state index in [1.165, 1.54) is 77.0 Å². The Morgan fingerprint density at radius 2 is 0.510 bits per heavy atom. The Hall–Kier alpha value is -4.54. The molecular formula is C85H146O17P2. The molecule has 19 heteroatoms. The lowest BCUT2D eigenvalue weighted by atomic mass is 10.1. The monoisotopic (exact) mass is 1500 g/mol. The van der Waals surface area contributed by atoms with Crippen LogP contribution >= 0.6 is 15.6 Å². The second-order valence-corrected chi connectivity index (χ2v) is 29.8. The van der Waals surface area contributed by atoms with E-state index in [4.69, 9.17) is 37.0 Å². The molecule has 0 saturated carbocycles. The minimum absolute atomic E-state index is 0.0713. The van der Waals surface area contributed by atoms with Gasteiger partial charge in [0.15, 0.2) is 12.2 Å². The Labute approximate surface area is 632 Å². The van der Waals surface area contributed by atoms with Crippen LogP contribution in [0.4, 0.5) is 0 Å². The summed E-state index contributed by atoms with van der Waals surface area (Å²) >= 11 is 0. The van der Waals surface area contributed by atoms with Crippen LogP contribution in [-0.2, 0) is 65.4 Å². The number of hydrogen-bond donors (Lipinski definition) is 3. The maximum Gasteiger partial charge on any atom is 0.472 e. The van der Waals surface area contributed by atoms with Gasteiger partial charge in [0.25, 0.3) is 0 Å². The van der Waals surface area contributed by atoms with E-state index in [1.807, 2.05) is 12.2 Å². The molecule has 17 nitrogen and oxygen atoms in total. The van der Waals surface area contributed by atoms with Gasteiger partial charge < -0.3 is 33.8 Å². The van der Waals surface area contributed by atoms with Gasteiger partial charge in [0.1, 0.15) is 19.3 Å². The Bertz CT molecular complexity index is 2440. The third-order valence-corrected chi connectivity index (χ3v) is 18.8. The highest BCUT2D eigenvalue weighted by molar-refractivity contribution is 7.47. The van der Waals surface area contributed by atoms with Gasteiger partial charge in [-0.1, -0.05) is 284 Å². The highest BCUT2D eigenvalue weighted by atomic mass is 31.2. The van der Waals surface area contributed by atoms with E-state index >= 15 is 0 Å². The van der Waals surface area contributed by atoms with Crippen LogP contribution in [0.25, 0.3) is 0 Å². The van der Waals surface area contributed by atoms with Gasteiger partial charge in [-0.05, 0) is 148 Å². The zero-order valence-electron chi connectivity index (χ0n) is 65.4. The molecule has 0 aliphatic rings. The summed E-state index contributed by atoms with van der Waals surface area (Å²) in [6.07, 6.45) is 84.6. The Morgan fingerprint density at radius 1 is 0.279 bits per heavy atom. The van der Waals surface area contributed by atoms with Crippen LogP contribution in [0.2, 0.25) is 0 Å². The zero-order chi connectivity index (χ0) is 76.0. The Morgan fingerprint density at radius 3 is 0.817 bits per heavy atom. The Kier molecular flexibility index (Phi) is 73.3. The maximum atomic E-state index is 13.1. The van der Waals surface area contributed by atoms with Crippen LogP contribution in [0, 0.1) is 0 Å². The normalized spacial score (nSPS) is 14.5. The molecule has 0 bridgehead atoms. The summed E-state index contributed by atoms with van der Waals surface area (Å²) in [5, 5.41) is 10.6. The molecule has 0 rings (SSSR count). The first-order valence-corrected chi connectivity index (χ1v) is 43.8. The predicted octanol–water partition coefficient (Wildman–Crippen LogP) is 23.9. The number of allylic oxidation sites excluding steroid dienone is 20. The van der Waals surface area contributed by atoms with Crippen molar-refractivity contribution in [3.05, 3.63) is 122 Å². The highest BCUT2D eigenvalue weighted by Gasteiger charge is 2.30. The fourth-order valence-corrected chi connectivity index (χ4v) is 12.3. The number of hydrogen-bond acceptors (Lipinski definition) is 15. The first kappa shape index (κ1) is 99.5. The summed E-state index contributed by atoms with van der Waals surface area (Å²) in [4.78, 5) is 73.1. The van der Waals surface area contributed by atoms with Gasteiger partial charge in [0.05, 0.1) is 26.4 Å². The summed E-state index contributed by atoms with van der Waals surface area (Å²) in [5.41, 5.74) is 0. The second kappa shape index (κ2) is 76.6. The molecule has 5 unspecified atom stereocenters. The smallest absolute Gasteiger partial charge is 0.462 e. The van der Waals surface area contributed by atoms with E-state index in [-0.39, 0.29) is 25.7 Å². The van der Waals surface area contributed by atoms with Crippen molar-refractivity contribution in [2.45, 2.75) is 354 Å². The molecule has 0 amide bonds. The molecule has 0 aromatic heterocycles. The molecule has 0 aliphatic heterocycles. The topological polar surface area (TPSA) is 237 Å². The molecule has 5 atom stereocenters. The summed E-state index contributed by atoms with van der Waals surface area (Å²) in [6, 6.07) is 0. The number of aliphatic hydroxyl groups is 1. The van der Waals surface area contributed by atoms with E-state index in [2.05, 4.69) is 137 Å². The fourth-order valence-electron chi connectivity index (χ4n) is 10.7. The first-order valence-electron chi connectivity index (χ1n) is 40.8. The Balaban J connectivity index is 5.42. The number of aliphatic hydroxyl groups excluding tert-OH is 1. The fraction of sp³-hybridized carbons (Fsp3) is 0.718. The van der Waals surface area contributed by atoms with Crippen molar-refractivity contribution >= 4 is 39.5 Å². The van der Waals surface area contributed by atoms with Crippen LogP contribution in [0.15, 0.2) is 122 Å². The van der Waals surface area contributed by atoms with Crippen LogP contribution < -0.4 is 0 Å². The number of phosphoric acid groups is 2. The standard InChI is InChI=1S/C85H146O17P2/c1-5-9-13-17-21-25-29-33-37-39-43-45-49-53-57-61-65-69-82(87)95-75-80(101-84(89)71-67-63-59-55-51-47-41-35-31-27-23-19-15-11-7-3)77-99-103(91,92)97-73-79(86)74-98-104(93,94)100-78-81(102-85(90)72-68-64-60-56-52-48-42-36-32-28-24-20-16-12-8-4)76-96-83(88)70-66-62-58-54-50-46-44-40-38-34-30-26-22-18-14-10-6-2/h9-10,13-14,21-22,25-26,33-38,41-43,45,53,57,79-81,86H,5-8,11-12,15-20,23-24,27-32,39-40,44,46-52,54-56,58-78H2,1-4H3,(H,91,92)(H,93,94)/b13-9-,14-10-,25-21-,26-22-,37-33-,38-34-,41-35-,42-36-,45-43-,57-53-. The molecule has 3 N–H and O–H groups in total. The van der Waals surface area contributed by atoms with Gasteiger partial charge in [0, 0.05) is 25.7 Å². The van der Waals surface area contributed by atoms with Gasteiger partial charge in [-0.25, -0.2) is 9.13 Å². The van der Waals surface area contributed by atoms with Gasteiger partial charge in [-0.2, -0.15) is 0 Å². The molecule has 104 heavy (non-hydrogen) atoms.